The van der Waals surface area contributed by atoms with Crippen molar-refractivity contribution in [2.45, 2.75) is 52.6 Å². The van der Waals surface area contributed by atoms with E-state index in [9.17, 15) is 8.78 Å². The molecule has 0 saturated heterocycles. The molecule has 6 heteroatoms. The Balaban J connectivity index is 1.61. The predicted octanol–water partition coefficient (Wildman–Crippen LogP) is 8.82. The lowest BCUT2D eigenvalue weighted by Crippen LogP contribution is -2.25. The van der Waals surface area contributed by atoms with Crippen molar-refractivity contribution in [3.05, 3.63) is 132 Å². The first kappa shape index (κ1) is 28.2. The molecule has 5 aromatic rings. The lowest BCUT2D eigenvalue weighted by Gasteiger charge is -2.25. The van der Waals surface area contributed by atoms with Gasteiger partial charge in [-0.25, -0.2) is 4.98 Å². The summed E-state index contributed by atoms with van der Waals surface area (Å²) in [6.07, 6.45) is 2.07. The van der Waals surface area contributed by atoms with E-state index in [1.54, 1.807) is 12.1 Å². The first-order valence-electron chi connectivity index (χ1n) is 14.1. The quantitative estimate of drug-likeness (QED) is 0.146. The van der Waals surface area contributed by atoms with Crippen LogP contribution in [0.2, 0.25) is 0 Å². The maximum absolute atomic E-state index is 13.3. The molecule has 0 saturated carbocycles. The molecule has 0 aliphatic heterocycles. The van der Waals surface area contributed by atoms with E-state index in [1.807, 2.05) is 66.7 Å². The minimum Gasteiger partial charge on any atom is -0.434 e. The summed E-state index contributed by atoms with van der Waals surface area (Å²) in [7, 11) is 0. The maximum Gasteiger partial charge on any atom is 0.387 e. The monoisotopic (exact) mass is 551 g/mol. The number of aromatic nitrogens is 2. The molecule has 0 fully saturated rings. The Morgan fingerprint density at radius 2 is 1.34 bits per heavy atom. The van der Waals surface area contributed by atoms with Crippen molar-refractivity contribution in [3.8, 4) is 28.4 Å². The summed E-state index contributed by atoms with van der Waals surface area (Å²) >= 11 is 0. The normalized spacial score (nSPS) is 11.3. The molecule has 0 spiro atoms. The summed E-state index contributed by atoms with van der Waals surface area (Å²) in [4.78, 5) is 7.52. The van der Waals surface area contributed by atoms with Crippen LogP contribution in [0.5, 0.6) is 5.75 Å². The number of rotatable bonds is 13. The molecule has 4 aromatic carbocycles. The lowest BCUT2D eigenvalue weighted by atomic mass is 10.1. The van der Waals surface area contributed by atoms with Crippen LogP contribution in [0.15, 0.2) is 115 Å². The van der Waals surface area contributed by atoms with Crippen molar-refractivity contribution in [3.63, 3.8) is 0 Å². The molecule has 0 aliphatic rings. The van der Waals surface area contributed by atoms with Gasteiger partial charge in [-0.3, -0.25) is 4.90 Å². The number of hydrogen-bond donors (Lipinski definition) is 0. The topological polar surface area (TPSA) is 30.3 Å². The number of hydrogen-bond acceptors (Lipinski definition) is 3. The van der Waals surface area contributed by atoms with Gasteiger partial charge in [0.05, 0.1) is 11.4 Å². The molecule has 0 bridgehead atoms. The fourth-order valence-corrected chi connectivity index (χ4v) is 5.15. The SMILES string of the molecule is CCCCn1c(-c2ccccc2)nc(-c2ccccc2)c1CN(Cc1ccccc1)Cc1ccccc1OC(F)F. The van der Waals surface area contributed by atoms with Crippen molar-refractivity contribution in [1.82, 2.24) is 14.5 Å². The van der Waals surface area contributed by atoms with Crippen LogP contribution in [0.1, 0.15) is 36.6 Å². The van der Waals surface area contributed by atoms with E-state index in [4.69, 9.17) is 9.72 Å². The number of nitrogens with zero attached hydrogens (tertiary/aromatic N) is 3. The van der Waals surface area contributed by atoms with Crippen LogP contribution in [0.3, 0.4) is 0 Å². The number of halogens is 2. The van der Waals surface area contributed by atoms with Crippen molar-refractivity contribution in [2.24, 2.45) is 0 Å². The zero-order valence-corrected chi connectivity index (χ0v) is 23.3. The maximum atomic E-state index is 13.3. The number of benzene rings is 4. The highest BCUT2D eigenvalue weighted by Crippen LogP contribution is 2.32. The zero-order valence-electron chi connectivity index (χ0n) is 23.3. The van der Waals surface area contributed by atoms with E-state index in [0.717, 1.165) is 53.3 Å². The van der Waals surface area contributed by atoms with E-state index in [1.165, 1.54) is 0 Å². The van der Waals surface area contributed by atoms with Crippen LogP contribution in [0.4, 0.5) is 8.78 Å². The number of alkyl halides is 2. The Kier molecular flexibility index (Phi) is 9.55. The highest BCUT2D eigenvalue weighted by molar-refractivity contribution is 5.68. The second kappa shape index (κ2) is 13.9. The van der Waals surface area contributed by atoms with Gasteiger partial charge in [-0.05, 0) is 18.1 Å². The Bertz CT molecular complexity index is 1510. The third-order valence-electron chi connectivity index (χ3n) is 7.09. The van der Waals surface area contributed by atoms with Crippen molar-refractivity contribution < 1.29 is 13.5 Å². The van der Waals surface area contributed by atoms with Gasteiger partial charge in [-0.1, -0.05) is 123 Å². The van der Waals surface area contributed by atoms with Crippen LogP contribution in [-0.4, -0.2) is 21.1 Å². The minimum absolute atomic E-state index is 0.202. The Morgan fingerprint density at radius 3 is 2.00 bits per heavy atom. The first-order valence-corrected chi connectivity index (χ1v) is 14.1. The van der Waals surface area contributed by atoms with Crippen molar-refractivity contribution >= 4 is 0 Å². The van der Waals surface area contributed by atoms with Crippen LogP contribution in [0.25, 0.3) is 22.6 Å². The molecule has 1 heterocycles. The van der Waals surface area contributed by atoms with E-state index >= 15 is 0 Å². The van der Waals surface area contributed by atoms with Gasteiger partial charge in [0.2, 0.25) is 0 Å². The molecule has 0 atom stereocenters. The van der Waals surface area contributed by atoms with Crippen molar-refractivity contribution in [1.29, 1.82) is 0 Å². The standard InChI is InChI=1S/C35H35F2N3O/c1-2-3-23-40-31(33(28-17-9-5-10-18-28)38-34(40)29-19-11-6-12-20-29)26-39(24-27-15-7-4-8-16-27)25-30-21-13-14-22-32(30)41-35(36)37/h4-22,35H,2-3,23-26H2,1H3. The van der Waals surface area contributed by atoms with Gasteiger partial charge >= 0.3 is 6.61 Å². The Hall–Kier alpha value is -4.29. The van der Waals surface area contributed by atoms with Crippen LogP contribution in [-0.2, 0) is 26.2 Å². The third kappa shape index (κ3) is 7.27. The molecule has 41 heavy (non-hydrogen) atoms. The first-order chi connectivity index (χ1) is 20.1. The Morgan fingerprint density at radius 1 is 0.732 bits per heavy atom. The average Bonchev–Trinajstić information content (AvgIpc) is 3.36. The molecule has 0 radical (unpaired) electrons. The number of imidazole rings is 1. The molecule has 210 valence electrons. The summed E-state index contributed by atoms with van der Waals surface area (Å²) < 4.78 is 33.8. The summed E-state index contributed by atoms with van der Waals surface area (Å²) in [6.45, 7) is 1.79. The molecule has 0 amide bonds. The van der Waals surface area contributed by atoms with Crippen LogP contribution < -0.4 is 4.74 Å². The molecule has 0 N–H and O–H groups in total. The summed E-state index contributed by atoms with van der Waals surface area (Å²) in [5.74, 6) is 1.14. The number of unbranched alkanes of at least 4 members (excludes halogenated alkanes) is 1. The molecular formula is C35H35F2N3O. The van der Waals surface area contributed by atoms with Gasteiger partial charge < -0.3 is 9.30 Å². The average molecular weight is 552 g/mol. The summed E-state index contributed by atoms with van der Waals surface area (Å²) in [5.41, 5.74) is 6.02. The highest BCUT2D eigenvalue weighted by Gasteiger charge is 2.23. The minimum atomic E-state index is -2.88. The summed E-state index contributed by atoms with van der Waals surface area (Å²) in [6, 6.07) is 37.9. The predicted molar refractivity (Wildman–Crippen MR) is 160 cm³/mol. The van der Waals surface area contributed by atoms with Gasteiger partial charge in [-0.2, -0.15) is 8.78 Å². The van der Waals surface area contributed by atoms with Crippen LogP contribution in [0, 0.1) is 0 Å². The molecule has 0 aliphatic carbocycles. The lowest BCUT2D eigenvalue weighted by molar-refractivity contribution is -0.0508. The fourth-order valence-electron chi connectivity index (χ4n) is 5.15. The number of ether oxygens (including phenoxy) is 1. The van der Waals surface area contributed by atoms with E-state index in [2.05, 4.69) is 52.8 Å². The van der Waals surface area contributed by atoms with Gasteiger partial charge in [-0.15, -0.1) is 0 Å². The Labute approximate surface area is 240 Å². The van der Waals surface area contributed by atoms with E-state index in [0.29, 0.717) is 25.2 Å². The second-order valence-corrected chi connectivity index (χ2v) is 10.1. The largest absolute Gasteiger partial charge is 0.434 e. The molecule has 0 unspecified atom stereocenters. The molecular weight excluding hydrogens is 516 g/mol. The smallest absolute Gasteiger partial charge is 0.387 e. The van der Waals surface area contributed by atoms with Gasteiger partial charge in [0.15, 0.2) is 0 Å². The molecule has 5 rings (SSSR count). The van der Waals surface area contributed by atoms with E-state index in [-0.39, 0.29) is 5.75 Å². The molecule has 4 nitrogen and oxygen atoms in total. The summed E-state index contributed by atoms with van der Waals surface area (Å²) in [5, 5.41) is 0. The third-order valence-corrected chi connectivity index (χ3v) is 7.09. The number of para-hydroxylation sites is 1. The van der Waals surface area contributed by atoms with Crippen molar-refractivity contribution in [2.75, 3.05) is 0 Å². The molecule has 1 aromatic heterocycles. The van der Waals surface area contributed by atoms with E-state index < -0.39 is 6.61 Å². The van der Waals surface area contributed by atoms with Gasteiger partial charge in [0.25, 0.3) is 0 Å². The van der Waals surface area contributed by atoms with Crippen LogP contribution >= 0.6 is 0 Å². The van der Waals surface area contributed by atoms with Gasteiger partial charge in [0.1, 0.15) is 11.6 Å². The van der Waals surface area contributed by atoms with Gasteiger partial charge in [0, 0.05) is 42.9 Å². The zero-order chi connectivity index (χ0) is 28.4. The highest BCUT2D eigenvalue weighted by atomic mass is 19.3. The fraction of sp³-hybridized carbons (Fsp3) is 0.229. The second-order valence-electron chi connectivity index (χ2n) is 10.1.